The number of ether oxygens (including phenoxy) is 3. The average Bonchev–Trinajstić information content (AvgIpc) is 3.26. The molecule has 0 aliphatic heterocycles. The average molecular weight is 853 g/mol. The lowest BCUT2D eigenvalue weighted by molar-refractivity contribution is -0.167. The van der Waals surface area contributed by atoms with Gasteiger partial charge < -0.3 is 14.2 Å². The Bertz CT molecular complexity index is 1120. The highest BCUT2D eigenvalue weighted by atomic mass is 16.6. The largest absolute Gasteiger partial charge is 0.462 e. The third kappa shape index (κ3) is 48.0. The number of rotatable bonds is 46. The number of carbonyl (C=O) groups excluding carboxylic acids is 3. The van der Waals surface area contributed by atoms with E-state index in [1.165, 1.54) is 109 Å². The zero-order valence-electron chi connectivity index (χ0n) is 40.2. The molecule has 61 heavy (non-hydrogen) atoms. The molecule has 1 unspecified atom stereocenters. The second-order valence-electron chi connectivity index (χ2n) is 17.1. The maximum Gasteiger partial charge on any atom is 0.306 e. The van der Waals surface area contributed by atoms with E-state index in [1.807, 2.05) is 0 Å². The fourth-order valence-electron chi connectivity index (χ4n) is 7.03. The Morgan fingerprint density at radius 3 is 1.03 bits per heavy atom. The Balaban J connectivity index is 4.37. The molecule has 0 aliphatic rings. The lowest BCUT2D eigenvalue weighted by Crippen LogP contribution is -2.30. The van der Waals surface area contributed by atoms with Crippen LogP contribution in [0, 0.1) is 0 Å². The second-order valence-corrected chi connectivity index (χ2v) is 17.1. The third-order valence-corrected chi connectivity index (χ3v) is 10.9. The van der Waals surface area contributed by atoms with Crippen molar-refractivity contribution in [2.45, 2.75) is 258 Å². The van der Waals surface area contributed by atoms with Crippen LogP contribution in [-0.4, -0.2) is 37.2 Å². The van der Waals surface area contributed by atoms with Crippen LogP contribution in [0.5, 0.6) is 0 Å². The van der Waals surface area contributed by atoms with E-state index in [0.717, 1.165) is 103 Å². The minimum Gasteiger partial charge on any atom is -0.462 e. The molecule has 0 heterocycles. The smallest absolute Gasteiger partial charge is 0.306 e. The molecule has 0 aromatic carbocycles. The maximum absolute atomic E-state index is 12.8. The van der Waals surface area contributed by atoms with Crippen molar-refractivity contribution in [3.63, 3.8) is 0 Å². The van der Waals surface area contributed by atoms with Gasteiger partial charge >= 0.3 is 17.9 Å². The van der Waals surface area contributed by atoms with Gasteiger partial charge in [-0.2, -0.15) is 0 Å². The zero-order valence-corrected chi connectivity index (χ0v) is 40.2. The van der Waals surface area contributed by atoms with Crippen LogP contribution in [0.25, 0.3) is 0 Å². The molecule has 1 atom stereocenters. The number of hydrogen-bond donors (Lipinski definition) is 0. The summed E-state index contributed by atoms with van der Waals surface area (Å²) in [7, 11) is 0. The minimum atomic E-state index is -0.785. The predicted octanol–water partition coefficient (Wildman–Crippen LogP) is 16.9. The summed E-state index contributed by atoms with van der Waals surface area (Å²) in [4.78, 5) is 37.9. The van der Waals surface area contributed by atoms with E-state index < -0.39 is 6.10 Å². The molecule has 0 spiro atoms. The molecule has 0 N–H and O–H groups in total. The highest BCUT2D eigenvalue weighted by Gasteiger charge is 2.19. The standard InChI is InChI=1S/C55H96O6/c1-4-7-10-13-16-19-22-24-26-27-28-29-30-32-33-36-39-42-45-48-54(57)60-51-52(50-59-53(56)47-44-41-38-35-21-18-15-12-9-6-3)61-55(58)49-46-43-40-37-34-31-25-23-20-17-14-11-8-5-2/h12,15-16,19,23-26,28-29,52H,4-11,13-14,17-18,20-22,27,30-51H2,1-3H3/b15-12-,19-16-,25-23-,26-24-,29-28-. The first-order chi connectivity index (χ1) is 30.0. The molecule has 0 aromatic heterocycles. The van der Waals surface area contributed by atoms with E-state index >= 15 is 0 Å². The van der Waals surface area contributed by atoms with Gasteiger partial charge in [0.2, 0.25) is 0 Å². The first-order valence-corrected chi connectivity index (χ1v) is 25.8. The first-order valence-electron chi connectivity index (χ1n) is 25.8. The summed E-state index contributed by atoms with van der Waals surface area (Å²) in [5, 5.41) is 0. The van der Waals surface area contributed by atoms with Crippen molar-refractivity contribution in [2.75, 3.05) is 13.2 Å². The van der Waals surface area contributed by atoms with Crippen LogP contribution in [0.15, 0.2) is 60.8 Å². The van der Waals surface area contributed by atoms with E-state index in [9.17, 15) is 14.4 Å². The molecule has 0 bridgehead atoms. The predicted molar refractivity (Wildman–Crippen MR) is 261 cm³/mol. The van der Waals surface area contributed by atoms with Crippen molar-refractivity contribution in [1.29, 1.82) is 0 Å². The topological polar surface area (TPSA) is 78.9 Å². The summed E-state index contributed by atoms with van der Waals surface area (Å²) in [5.74, 6) is -0.915. The fourth-order valence-corrected chi connectivity index (χ4v) is 7.03. The number of allylic oxidation sites excluding steroid dienone is 10. The molecule has 0 rings (SSSR count). The molecule has 0 fully saturated rings. The van der Waals surface area contributed by atoms with Crippen LogP contribution in [0.1, 0.15) is 252 Å². The van der Waals surface area contributed by atoms with Crippen LogP contribution >= 0.6 is 0 Å². The number of unbranched alkanes of at least 4 members (excludes halogenated alkanes) is 25. The number of esters is 3. The van der Waals surface area contributed by atoms with E-state index in [2.05, 4.69) is 81.5 Å². The number of hydrogen-bond acceptors (Lipinski definition) is 6. The molecule has 0 aromatic rings. The summed E-state index contributed by atoms with van der Waals surface area (Å²) < 4.78 is 16.7. The molecule has 6 nitrogen and oxygen atoms in total. The van der Waals surface area contributed by atoms with Gasteiger partial charge in [0.15, 0.2) is 6.10 Å². The summed E-state index contributed by atoms with van der Waals surface area (Å²) in [6, 6.07) is 0. The van der Waals surface area contributed by atoms with E-state index in [4.69, 9.17) is 14.2 Å². The SMILES string of the molecule is CCC/C=C\CCCCCCCC(=O)OCC(COC(=O)CCCCCCCC/C=C\C/C=C\C/C=C\CCCCC)OC(=O)CCCCCCC/C=C\CCCCCCC. The van der Waals surface area contributed by atoms with Gasteiger partial charge in [0, 0.05) is 19.3 Å². The first kappa shape index (κ1) is 58.1. The van der Waals surface area contributed by atoms with Gasteiger partial charge in [-0.15, -0.1) is 0 Å². The van der Waals surface area contributed by atoms with Crippen LogP contribution in [0.3, 0.4) is 0 Å². The third-order valence-electron chi connectivity index (χ3n) is 10.9. The summed E-state index contributed by atoms with van der Waals surface area (Å²) in [6.45, 7) is 6.52. The monoisotopic (exact) mass is 853 g/mol. The Morgan fingerprint density at radius 2 is 0.623 bits per heavy atom. The highest BCUT2D eigenvalue weighted by molar-refractivity contribution is 5.71. The molecule has 0 aliphatic carbocycles. The minimum absolute atomic E-state index is 0.0864. The Kier molecular flexibility index (Phi) is 47.4. The normalized spacial score (nSPS) is 12.5. The summed E-state index contributed by atoms with van der Waals surface area (Å²) >= 11 is 0. The Morgan fingerprint density at radius 1 is 0.328 bits per heavy atom. The van der Waals surface area contributed by atoms with Crippen molar-refractivity contribution >= 4 is 17.9 Å². The van der Waals surface area contributed by atoms with E-state index in [-0.39, 0.29) is 31.1 Å². The Hall–Kier alpha value is -2.89. The zero-order chi connectivity index (χ0) is 44.4. The number of carbonyl (C=O) groups is 3. The molecule has 0 amide bonds. The van der Waals surface area contributed by atoms with Gasteiger partial charge in [0.1, 0.15) is 13.2 Å². The van der Waals surface area contributed by atoms with Crippen LogP contribution in [0.2, 0.25) is 0 Å². The van der Waals surface area contributed by atoms with Crippen LogP contribution < -0.4 is 0 Å². The van der Waals surface area contributed by atoms with Crippen molar-refractivity contribution in [2.24, 2.45) is 0 Å². The quantitative estimate of drug-likeness (QED) is 0.0263. The fraction of sp³-hybridized carbons (Fsp3) is 0.764. The molecule has 0 saturated carbocycles. The van der Waals surface area contributed by atoms with Crippen molar-refractivity contribution in [1.82, 2.24) is 0 Å². The van der Waals surface area contributed by atoms with Gasteiger partial charge in [0.05, 0.1) is 0 Å². The lowest BCUT2D eigenvalue weighted by Gasteiger charge is -2.18. The lowest BCUT2D eigenvalue weighted by atomic mass is 10.1. The molecular weight excluding hydrogens is 757 g/mol. The highest BCUT2D eigenvalue weighted by Crippen LogP contribution is 2.14. The van der Waals surface area contributed by atoms with Gasteiger partial charge in [-0.05, 0) is 103 Å². The molecule has 0 saturated heterocycles. The van der Waals surface area contributed by atoms with Gasteiger partial charge in [0.25, 0.3) is 0 Å². The summed E-state index contributed by atoms with van der Waals surface area (Å²) in [6.07, 6.45) is 60.6. The second kappa shape index (κ2) is 49.8. The van der Waals surface area contributed by atoms with Crippen molar-refractivity contribution < 1.29 is 28.6 Å². The summed E-state index contributed by atoms with van der Waals surface area (Å²) in [5.41, 5.74) is 0. The Labute approximate surface area is 377 Å². The molecule has 352 valence electrons. The van der Waals surface area contributed by atoms with Gasteiger partial charge in [-0.1, -0.05) is 191 Å². The molecule has 0 radical (unpaired) electrons. The van der Waals surface area contributed by atoms with Crippen LogP contribution in [-0.2, 0) is 28.6 Å². The van der Waals surface area contributed by atoms with Gasteiger partial charge in [-0.25, -0.2) is 0 Å². The maximum atomic E-state index is 12.8. The van der Waals surface area contributed by atoms with E-state index in [1.54, 1.807) is 0 Å². The van der Waals surface area contributed by atoms with Crippen LogP contribution in [0.4, 0.5) is 0 Å². The van der Waals surface area contributed by atoms with Gasteiger partial charge in [-0.3, -0.25) is 14.4 Å². The van der Waals surface area contributed by atoms with Crippen molar-refractivity contribution in [3.8, 4) is 0 Å². The molecular formula is C55H96O6. The molecule has 6 heteroatoms. The van der Waals surface area contributed by atoms with E-state index in [0.29, 0.717) is 19.3 Å². The van der Waals surface area contributed by atoms with Crippen molar-refractivity contribution in [3.05, 3.63) is 60.8 Å².